The van der Waals surface area contributed by atoms with Gasteiger partial charge < -0.3 is 15.0 Å². The molecule has 8 heteroatoms. The summed E-state index contributed by atoms with van der Waals surface area (Å²) in [4.78, 5) is 30.9. The molecule has 0 radical (unpaired) electrons. The normalized spacial score (nSPS) is 14.7. The van der Waals surface area contributed by atoms with Crippen molar-refractivity contribution in [1.29, 1.82) is 0 Å². The molecule has 0 saturated carbocycles. The van der Waals surface area contributed by atoms with Crippen molar-refractivity contribution in [2.24, 2.45) is 0 Å². The Morgan fingerprint density at radius 2 is 2.25 bits per heavy atom. The number of hydrogen-bond donors (Lipinski definition) is 2. The Hall–Kier alpha value is -1.51. The van der Waals surface area contributed by atoms with Crippen LogP contribution in [0.4, 0.5) is 5.13 Å². The highest BCUT2D eigenvalue weighted by Gasteiger charge is 2.20. The van der Waals surface area contributed by atoms with Crippen molar-refractivity contribution in [3.63, 3.8) is 0 Å². The molecule has 2 rings (SSSR count). The Morgan fingerprint density at radius 1 is 1.45 bits per heavy atom. The maximum absolute atomic E-state index is 11.7. The Labute approximate surface area is 121 Å². The number of carbonyl (C=O) groups excluding carboxylic acids is 2. The van der Waals surface area contributed by atoms with Crippen LogP contribution >= 0.6 is 11.3 Å². The van der Waals surface area contributed by atoms with Gasteiger partial charge in [-0.15, -0.1) is 11.3 Å². The molecule has 0 saturated heterocycles. The second-order valence-corrected chi connectivity index (χ2v) is 5.66. The third-order valence-corrected chi connectivity index (χ3v) is 3.94. The molecule has 0 spiro atoms. The first-order chi connectivity index (χ1) is 9.60. The average Bonchev–Trinajstić information content (AvgIpc) is 2.80. The summed E-state index contributed by atoms with van der Waals surface area (Å²) in [5, 5.41) is 5.49. The molecule has 0 bridgehead atoms. The van der Waals surface area contributed by atoms with Gasteiger partial charge in [-0.3, -0.25) is 14.9 Å². The number of anilines is 1. The largest absolute Gasteiger partial charge is 0.383 e. The number of nitrogens with one attached hydrogen (secondary N) is 2. The fraction of sp³-hybridized carbons (Fsp3) is 0.583. The summed E-state index contributed by atoms with van der Waals surface area (Å²) in [7, 11) is 3.58. The molecule has 0 atom stereocenters. The van der Waals surface area contributed by atoms with Crippen molar-refractivity contribution in [3.05, 3.63) is 10.6 Å². The quantitative estimate of drug-likeness (QED) is 0.596. The summed E-state index contributed by atoms with van der Waals surface area (Å²) in [5.74, 6) is -1.37. The van der Waals surface area contributed by atoms with Crippen LogP contribution < -0.4 is 10.6 Å². The average molecular weight is 298 g/mol. The molecule has 2 heterocycles. The molecule has 1 aromatic heterocycles. The first kappa shape index (κ1) is 14.9. The van der Waals surface area contributed by atoms with Gasteiger partial charge in [0.15, 0.2) is 5.13 Å². The maximum atomic E-state index is 11.7. The topological polar surface area (TPSA) is 83.6 Å². The number of likely N-dealkylation sites (N-methyl/N-ethyl adjacent to an activating group) is 1. The van der Waals surface area contributed by atoms with Gasteiger partial charge in [0.25, 0.3) is 0 Å². The minimum Gasteiger partial charge on any atom is -0.383 e. The van der Waals surface area contributed by atoms with Crippen LogP contribution in [0, 0.1) is 0 Å². The van der Waals surface area contributed by atoms with Crippen LogP contribution in [0.15, 0.2) is 0 Å². The van der Waals surface area contributed by atoms with Gasteiger partial charge in [0.05, 0.1) is 12.3 Å². The van der Waals surface area contributed by atoms with Gasteiger partial charge in [-0.25, -0.2) is 4.98 Å². The lowest BCUT2D eigenvalue weighted by atomic mass is 10.2. The molecule has 0 unspecified atom stereocenters. The number of aromatic nitrogens is 1. The molecule has 20 heavy (non-hydrogen) atoms. The molecule has 2 amide bonds. The van der Waals surface area contributed by atoms with Crippen LogP contribution in [-0.2, 0) is 27.3 Å². The van der Waals surface area contributed by atoms with Gasteiger partial charge in [0.2, 0.25) is 0 Å². The summed E-state index contributed by atoms with van der Waals surface area (Å²) < 4.78 is 4.79. The van der Waals surface area contributed by atoms with E-state index in [4.69, 9.17) is 4.74 Å². The van der Waals surface area contributed by atoms with E-state index in [0.29, 0.717) is 18.3 Å². The monoisotopic (exact) mass is 298 g/mol. The van der Waals surface area contributed by atoms with Crippen LogP contribution in [0.1, 0.15) is 10.6 Å². The van der Waals surface area contributed by atoms with Crippen LogP contribution in [0.5, 0.6) is 0 Å². The van der Waals surface area contributed by atoms with Crippen LogP contribution in [0.2, 0.25) is 0 Å². The van der Waals surface area contributed by atoms with Gasteiger partial charge >= 0.3 is 11.8 Å². The summed E-state index contributed by atoms with van der Waals surface area (Å²) >= 11 is 1.42. The standard InChI is InChI=1S/C12H18N4O3S/c1-16-5-3-8-9(7-16)20-12(14-8)15-11(18)10(17)13-4-6-19-2/h3-7H2,1-2H3,(H,13,17)(H,14,15,18). The van der Waals surface area contributed by atoms with Gasteiger partial charge in [-0.1, -0.05) is 0 Å². The van der Waals surface area contributed by atoms with E-state index in [1.807, 2.05) is 7.05 Å². The molecule has 0 fully saturated rings. The van der Waals surface area contributed by atoms with Crippen molar-refractivity contribution >= 4 is 28.3 Å². The van der Waals surface area contributed by atoms with Crippen molar-refractivity contribution in [2.45, 2.75) is 13.0 Å². The number of thiazole rings is 1. The highest BCUT2D eigenvalue weighted by atomic mass is 32.1. The molecule has 1 aliphatic heterocycles. The maximum Gasteiger partial charge on any atom is 0.315 e. The molecular formula is C12H18N4O3S. The van der Waals surface area contributed by atoms with Crippen molar-refractivity contribution in [1.82, 2.24) is 15.2 Å². The van der Waals surface area contributed by atoms with E-state index in [0.717, 1.165) is 30.1 Å². The summed E-state index contributed by atoms with van der Waals surface area (Å²) in [6.07, 6.45) is 0.873. The number of rotatable bonds is 4. The number of ether oxygens (including phenoxy) is 1. The van der Waals surface area contributed by atoms with Crippen LogP contribution in [-0.4, -0.2) is 55.6 Å². The van der Waals surface area contributed by atoms with Gasteiger partial charge in [0.1, 0.15) is 0 Å². The summed E-state index contributed by atoms with van der Waals surface area (Å²) in [5.41, 5.74) is 1.02. The van der Waals surface area contributed by atoms with E-state index in [-0.39, 0.29) is 0 Å². The lowest BCUT2D eigenvalue weighted by Gasteiger charge is -2.20. The van der Waals surface area contributed by atoms with E-state index in [2.05, 4.69) is 20.5 Å². The molecule has 1 aliphatic rings. The summed E-state index contributed by atoms with van der Waals surface area (Å²) in [6.45, 7) is 2.48. The van der Waals surface area contributed by atoms with E-state index in [1.165, 1.54) is 18.4 Å². The molecule has 7 nitrogen and oxygen atoms in total. The zero-order chi connectivity index (χ0) is 14.5. The molecule has 0 aromatic carbocycles. The van der Waals surface area contributed by atoms with E-state index in [9.17, 15) is 9.59 Å². The zero-order valence-electron chi connectivity index (χ0n) is 11.6. The molecule has 2 N–H and O–H groups in total. The van der Waals surface area contributed by atoms with E-state index in [1.54, 1.807) is 0 Å². The first-order valence-corrected chi connectivity index (χ1v) is 7.17. The SMILES string of the molecule is COCCNC(=O)C(=O)Nc1nc2c(s1)CN(C)CC2. The van der Waals surface area contributed by atoms with Crippen molar-refractivity contribution in [2.75, 3.05) is 39.2 Å². The van der Waals surface area contributed by atoms with E-state index >= 15 is 0 Å². The van der Waals surface area contributed by atoms with Gasteiger partial charge in [-0.05, 0) is 7.05 Å². The second-order valence-electron chi connectivity index (χ2n) is 4.58. The van der Waals surface area contributed by atoms with Crippen LogP contribution in [0.25, 0.3) is 0 Å². The zero-order valence-corrected chi connectivity index (χ0v) is 12.4. The van der Waals surface area contributed by atoms with E-state index < -0.39 is 11.8 Å². The molecule has 110 valence electrons. The lowest BCUT2D eigenvalue weighted by molar-refractivity contribution is -0.136. The Balaban J connectivity index is 1.90. The van der Waals surface area contributed by atoms with Crippen molar-refractivity contribution < 1.29 is 14.3 Å². The molecular weight excluding hydrogens is 280 g/mol. The molecule has 0 aliphatic carbocycles. The third-order valence-electron chi connectivity index (χ3n) is 2.94. The van der Waals surface area contributed by atoms with Crippen molar-refractivity contribution in [3.8, 4) is 0 Å². The lowest BCUT2D eigenvalue weighted by Crippen LogP contribution is -2.37. The fourth-order valence-electron chi connectivity index (χ4n) is 1.88. The van der Waals surface area contributed by atoms with Gasteiger partial charge in [-0.2, -0.15) is 0 Å². The predicted octanol–water partition coefficient (Wildman–Crippen LogP) is -0.168. The Kier molecular flexibility index (Phi) is 5.05. The number of carbonyl (C=O) groups is 2. The third kappa shape index (κ3) is 3.75. The number of nitrogens with zero attached hydrogens (tertiary/aromatic N) is 2. The van der Waals surface area contributed by atoms with Gasteiger partial charge in [0, 0.05) is 38.0 Å². The first-order valence-electron chi connectivity index (χ1n) is 6.35. The number of fused-ring (bicyclic) bond motifs is 1. The predicted molar refractivity (Wildman–Crippen MR) is 75.7 cm³/mol. The smallest absolute Gasteiger partial charge is 0.315 e. The highest BCUT2D eigenvalue weighted by molar-refractivity contribution is 7.16. The Bertz CT molecular complexity index is 503. The second kappa shape index (κ2) is 6.78. The highest BCUT2D eigenvalue weighted by Crippen LogP contribution is 2.27. The summed E-state index contributed by atoms with van der Waals surface area (Å²) in [6, 6.07) is 0. The molecule has 1 aromatic rings. The number of methoxy groups -OCH3 is 1. The fourth-order valence-corrected chi connectivity index (χ4v) is 2.96. The minimum atomic E-state index is -0.694. The minimum absolute atomic E-state index is 0.307. The number of hydrogen-bond acceptors (Lipinski definition) is 6. The number of amides is 2. The Morgan fingerprint density at radius 3 is 3.00 bits per heavy atom. The van der Waals surface area contributed by atoms with Crippen LogP contribution in [0.3, 0.4) is 0 Å².